The summed E-state index contributed by atoms with van der Waals surface area (Å²) >= 11 is 0. The monoisotopic (exact) mass is 321 g/mol. The summed E-state index contributed by atoms with van der Waals surface area (Å²) in [4.78, 5) is 19.1. The molecule has 1 atom stereocenters. The molecule has 1 heterocycles. The molecule has 4 rings (SSSR count). The minimum Gasteiger partial charge on any atom is -0.334 e. The molecule has 1 aromatic carbocycles. The van der Waals surface area contributed by atoms with Crippen LogP contribution in [0.5, 0.6) is 0 Å². The number of carbonyl (C=O) groups is 1. The summed E-state index contributed by atoms with van der Waals surface area (Å²) in [5, 5.41) is 3.10. The Bertz CT molecular complexity index is 712. The summed E-state index contributed by atoms with van der Waals surface area (Å²) in [5.74, 6) is 0. The van der Waals surface area contributed by atoms with Gasteiger partial charge in [-0.3, -0.25) is 4.98 Å². The number of benzene rings is 1. The van der Waals surface area contributed by atoms with Gasteiger partial charge in [0.25, 0.3) is 0 Å². The van der Waals surface area contributed by atoms with Gasteiger partial charge in [-0.25, -0.2) is 4.79 Å². The molecule has 1 N–H and O–H groups in total. The van der Waals surface area contributed by atoms with E-state index in [0.717, 1.165) is 37.7 Å². The van der Waals surface area contributed by atoms with E-state index in [1.165, 1.54) is 11.1 Å². The van der Waals surface area contributed by atoms with Crippen LogP contribution in [-0.4, -0.2) is 22.0 Å². The van der Waals surface area contributed by atoms with Gasteiger partial charge in [0.15, 0.2) is 0 Å². The van der Waals surface area contributed by atoms with Gasteiger partial charge in [-0.05, 0) is 54.9 Å². The van der Waals surface area contributed by atoms with Crippen LogP contribution >= 0.6 is 0 Å². The highest BCUT2D eigenvalue weighted by Crippen LogP contribution is 2.40. The maximum atomic E-state index is 12.9. The summed E-state index contributed by atoms with van der Waals surface area (Å²) in [5.41, 5.74) is 3.78. The van der Waals surface area contributed by atoms with Crippen LogP contribution in [0.3, 0.4) is 0 Å². The van der Waals surface area contributed by atoms with E-state index in [-0.39, 0.29) is 12.1 Å². The van der Waals surface area contributed by atoms with E-state index in [1.54, 1.807) is 12.4 Å². The highest BCUT2D eigenvalue weighted by molar-refractivity contribution is 5.75. The average molecular weight is 321 g/mol. The van der Waals surface area contributed by atoms with Crippen LogP contribution in [0, 0.1) is 0 Å². The Morgan fingerprint density at radius 3 is 2.83 bits per heavy atom. The van der Waals surface area contributed by atoms with Crippen molar-refractivity contribution in [2.24, 2.45) is 0 Å². The largest absolute Gasteiger partial charge is 0.334 e. The van der Waals surface area contributed by atoms with E-state index in [1.807, 2.05) is 12.1 Å². The third kappa shape index (κ3) is 3.14. The zero-order valence-corrected chi connectivity index (χ0v) is 13.8. The van der Waals surface area contributed by atoms with Gasteiger partial charge in [0.2, 0.25) is 0 Å². The van der Waals surface area contributed by atoms with Crippen molar-refractivity contribution in [3.63, 3.8) is 0 Å². The van der Waals surface area contributed by atoms with Crippen molar-refractivity contribution in [3.8, 4) is 0 Å². The molecule has 124 valence electrons. The number of hydrogen-bond acceptors (Lipinski definition) is 2. The zero-order chi connectivity index (χ0) is 16.4. The van der Waals surface area contributed by atoms with Crippen LogP contribution in [0.1, 0.15) is 48.4 Å². The van der Waals surface area contributed by atoms with Crippen LogP contribution in [0.4, 0.5) is 4.79 Å². The van der Waals surface area contributed by atoms with E-state index in [9.17, 15) is 4.79 Å². The smallest absolute Gasteiger partial charge is 0.318 e. The molecule has 1 saturated carbocycles. The minimum absolute atomic E-state index is 0.0584. The number of pyridine rings is 1. The van der Waals surface area contributed by atoms with Crippen LogP contribution in [0.25, 0.3) is 0 Å². The Morgan fingerprint density at radius 1 is 1.17 bits per heavy atom. The predicted octanol–water partition coefficient (Wildman–Crippen LogP) is 3.83. The van der Waals surface area contributed by atoms with Gasteiger partial charge in [0, 0.05) is 25.0 Å². The fraction of sp³-hybridized carbons (Fsp3) is 0.400. The van der Waals surface area contributed by atoms with Crippen LogP contribution < -0.4 is 5.32 Å². The van der Waals surface area contributed by atoms with Crippen LogP contribution in [0.2, 0.25) is 0 Å². The second-order valence-corrected chi connectivity index (χ2v) is 6.77. The van der Waals surface area contributed by atoms with Crippen molar-refractivity contribution < 1.29 is 4.79 Å². The molecule has 24 heavy (non-hydrogen) atoms. The molecular weight excluding hydrogens is 298 g/mol. The lowest BCUT2D eigenvalue weighted by Crippen LogP contribution is -2.44. The Kier molecular flexibility index (Phi) is 4.20. The number of fused-ring (bicyclic) bond motifs is 1. The standard InChI is InChI=1S/C20H23N3O/c24-20(22-14-15-5-4-12-21-13-15)23(17-10-11-17)19-9-3-7-16-6-1-2-8-18(16)19/h1-2,4-6,8,12-13,17,19H,3,7,9-11,14H2,(H,22,24). The highest BCUT2D eigenvalue weighted by Gasteiger charge is 2.39. The molecule has 1 aromatic heterocycles. The zero-order valence-electron chi connectivity index (χ0n) is 13.8. The predicted molar refractivity (Wildman–Crippen MR) is 93.5 cm³/mol. The normalized spacial score (nSPS) is 19.4. The number of hydrogen-bond donors (Lipinski definition) is 1. The molecule has 2 aliphatic rings. The van der Waals surface area contributed by atoms with Crippen molar-refractivity contribution in [2.75, 3.05) is 0 Å². The Hall–Kier alpha value is -2.36. The van der Waals surface area contributed by atoms with Gasteiger partial charge in [-0.1, -0.05) is 30.3 Å². The minimum atomic E-state index is 0.0584. The summed E-state index contributed by atoms with van der Waals surface area (Å²) < 4.78 is 0. The highest BCUT2D eigenvalue weighted by atomic mass is 16.2. The maximum absolute atomic E-state index is 12.9. The number of nitrogens with one attached hydrogen (secondary N) is 1. The summed E-state index contributed by atoms with van der Waals surface area (Å²) in [6.07, 6.45) is 9.15. The van der Waals surface area contributed by atoms with E-state index in [2.05, 4.69) is 39.5 Å². The first-order chi connectivity index (χ1) is 11.8. The molecule has 2 aromatic rings. The van der Waals surface area contributed by atoms with Gasteiger partial charge in [0.05, 0.1) is 6.04 Å². The van der Waals surface area contributed by atoms with Gasteiger partial charge in [0.1, 0.15) is 0 Å². The number of aryl methyl sites for hydroxylation is 1. The molecule has 0 bridgehead atoms. The SMILES string of the molecule is O=C(NCc1cccnc1)N(C1CC1)C1CCCc2ccccc21. The van der Waals surface area contributed by atoms with Crippen LogP contribution in [0.15, 0.2) is 48.8 Å². The number of carbonyl (C=O) groups excluding carboxylic acids is 1. The Morgan fingerprint density at radius 2 is 2.04 bits per heavy atom. The second-order valence-electron chi connectivity index (χ2n) is 6.77. The maximum Gasteiger partial charge on any atom is 0.318 e. The lowest BCUT2D eigenvalue weighted by atomic mass is 9.87. The number of rotatable bonds is 4. The molecule has 0 radical (unpaired) electrons. The van der Waals surface area contributed by atoms with Crippen molar-refractivity contribution >= 4 is 6.03 Å². The van der Waals surface area contributed by atoms with Gasteiger partial charge >= 0.3 is 6.03 Å². The quantitative estimate of drug-likeness (QED) is 0.930. The molecule has 1 unspecified atom stereocenters. The fourth-order valence-corrected chi connectivity index (χ4v) is 3.70. The van der Waals surface area contributed by atoms with Crippen molar-refractivity contribution in [1.29, 1.82) is 0 Å². The molecule has 0 spiro atoms. The molecule has 0 saturated heterocycles. The number of nitrogens with zero attached hydrogens (tertiary/aromatic N) is 2. The fourth-order valence-electron chi connectivity index (χ4n) is 3.70. The summed E-state index contributed by atoms with van der Waals surface area (Å²) in [7, 11) is 0. The molecule has 2 aliphatic carbocycles. The first-order valence-electron chi connectivity index (χ1n) is 8.86. The molecular formula is C20H23N3O. The summed E-state index contributed by atoms with van der Waals surface area (Å²) in [6.45, 7) is 0.532. The number of urea groups is 1. The lowest BCUT2D eigenvalue weighted by Gasteiger charge is -2.36. The molecule has 1 fully saturated rings. The van der Waals surface area contributed by atoms with Crippen molar-refractivity contribution in [2.45, 2.75) is 50.7 Å². The third-order valence-corrected chi connectivity index (χ3v) is 5.01. The van der Waals surface area contributed by atoms with Gasteiger partial charge in [-0.2, -0.15) is 0 Å². The Labute approximate surface area is 142 Å². The molecule has 4 nitrogen and oxygen atoms in total. The van der Waals surface area contributed by atoms with E-state index in [4.69, 9.17) is 0 Å². The molecule has 0 aliphatic heterocycles. The third-order valence-electron chi connectivity index (χ3n) is 5.01. The molecule has 2 amide bonds. The van der Waals surface area contributed by atoms with Crippen molar-refractivity contribution in [3.05, 3.63) is 65.5 Å². The first-order valence-corrected chi connectivity index (χ1v) is 8.86. The number of aromatic nitrogens is 1. The second kappa shape index (κ2) is 6.63. The lowest BCUT2D eigenvalue weighted by molar-refractivity contribution is 0.161. The van der Waals surface area contributed by atoms with Gasteiger partial charge in [-0.15, -0.1) is 0 Å². The number of amides is 2. The van der Waals surface area contributed by atoms with E-state index in [0.29, 0.717) is 12.6 Å². The summed E-state index contributed by atoms with van der Waals surface area (Å²) in [6, 6.07) is 13.2. The first kappa shape index (κ1) is 15.2. The van der Waals surface area contributed by atoms with Crippen LogP contribution in [-0.2, 0) is 13.0 Å². The topological polar surface area (TPSA) is 45.2 Å². The van der Waals surface area contributed by atoms with E-state index < -0.39 is 0 Å². The average Bonchev–Trinajstić information content (AvgIpc) is 3.46. The van der Waals surface area contributed by atoms with E-state index >= 15 is 0 Å². The Balaban J connectivity index is 1.52. The molecule has 4 heteroatoms. The van der Waals surface area contributed by atoms with Gasteiger partial charge < -0.3 is 10.2 Å². The van der Waals surface area contributed by atoms with Crippen molar-refractivity contribution in [1.82, 2.24) is 15.2 Å².